The van der Waals surface area contributed by atoms with Gasteiger partial charge in [-0.2, -0.15) is 12.7 Å². The van der Waals surface area contributed by atoms with Crippen LogP contribution >= 0.6 is 0 Å². The highest BCUT2D eigenvalue weighted by Crippen LogP contribution is 2.27. The zero-order valence-corrected chi connectivity index (χ0v) is 17.7. The van der Waals surface area contributed by atoms with E-state index in [1.807, 2.05) is 6.92 Å². The Balaban J connectivity index is 1.66. The second-order valence-corrected chi connectivity index (χ2v) is 8.44. The first-order valence-electron chi connectivity index (χ1n) is 9.35. The van der Waals surface area contributed by atoms with Crippen LogP contribution < -0.4 is 15.4 Å². The summed E-state index contributed by atoms with van der Waals surface area (Å²) in [7, 11) is -3.02. The molecule has 2 amide bonds. The highest BCUT2D eigenvalue weighted by Gasteiger charge is 2.40. The zero-order chi connectivity index (χ0) is 22.6. The fourth-order valence-corrected chi connectivity index (χ4v) is 4.17. The molecule has 1 aromatic carbocycles. The highest BCUT2D eigenvalue weighted by atomic mass is 32.2. The number of hydrogen-bond donors (Lipinski definition) is 3. The Hall–Kier alpha value is -2.80. The van der Waals surface area contributed by atoms with Crippen LogP contribution in [0.4, 0.5) is 20.6 Å². The second-order valence-electron chi connectivity index (χ2n) is 7.08. The fourth-order valence-electron chi connectivity index (χ4n) is 3.29. The van der Waals surface area contributed by atoms with Crippen LogP contribution in [0.2, 0.25) is 0 Å². The van der Waals surface area contributed by atoms with Gasteiger partial charge in [0.1, 0.15) is 17.7 Å². The Bertz CT molecular complexity index is 1030. The fraction of sp³-hybridized carbons (Fsp3) is 0.368. The molecule has 1 fully saturated rings. The maximum atomic E-state index is 14.1. The number of nitrogens with one attached hydrogen (secondary N) is 2. The smallest absolute Gasteiger partial charge is 0.336 e. The molecule has 10 nitrogen and oxygen atoms in total. The average Bonchev–Trinajstić information content (AvgIpc) is 3.06. The minimum atomic E-state index is -4.43. The van der Waals surface area contributed by atoms with Gasteiger partial charge in [-0.15, -0.1) is 0 Å². The number of urea groups is 1. The largest absolute Gasteiger partial charge is 0.489 e. The Morgan fingerprint density at radius 2 is 2.03 bits per heavy atom. The average molecular weight is 454 g/mol. The van der Waals surface area contributed by atoms with Crippen LogP contribution in [-0.2, 0) is 15.0 Å². The number of nitrogens with zero attached hydrogens (tertiary/aromatic N) is 2. The molecular formula is C19H23FN4O6S. The maximum Gasteiger partial charge on any atom is 0.336 e. The number of aryl methyl sites for hydroxylation is 1. The van der Waals surface area contributed by atoms with Gasteiger partial charge >= 0.3 is 16.3 Å². The van der Waals surface area contributed by atoms with Gasteiger partial charge in [0.15, 0.2) is 0 Å². The summed E-state index contributed by atoms with van der Waals surface area (Å²) in [5, 5.41) is 5.09. The summed E-state index contributed by atoms with van der Waals surface area (Å²) in [6, 6.07) is 5.86. The van der Waals surface area contributed by atoms with E-state index in [1.54, 1.807) is 12.1 Å². The standard InChI is InChI=1S/C19H23FN4O6S/c1-12-3-4-14(9-21-12)22-19(25)23-15-5-13(20)6-17(7-15)30-18-8-16(11-29-2)24(10-18)31(26,27)28/h3-7,9,16,18H,8,10-11H2,1-2H3,(H2,22,23,25)(H,26,27,28)/t16-,18-/m1/s1. The summed E-state index contributed by atoms with van der Waals surface area (Å²) >= 11 is 0. The Labute approximate surface area is 179 Å². The van der Waals surface area contributed by atoms with Crippen LogP contribution in [0.25, 0.3) is 0 Å². The molecule has 0 aliphatic carbocycles. The van der Waals surface area contributed by atoms with Crippen LogP contribution in [0.5, 0.6) is 5.75 Å². The molecule has 0 saturated carbocycles. The molecule has 31 heavy (non-hydrogen) atoms. The molecule has 0 spiro atoms. The van der Waals surface area contributed by atoms with Crippen molar-refractivity contribution in [1.82, 2.24) is 9.29 Å². The molecule has 3 N–H and O–H groups in total. The van der Waals surface area contributed by atoms with Gasteiger partial charge in [-0.05, 0) is 25.1 Å². The Morgan fingerprint density at radius 3 is 2.68 bits per heavy atom. The lowest BCUT2D eigenvalue weighted by Gasteiger charge is -2.18. The van der Waals surface area contributed by atoms with Crippen LogP contribution in [-0.4, -0.2) is 60.7 Å². The topological polar surface area (TPSA) is 130 Å². The summed E-state index contributed by atoms with van der Waals surface area (Å²) in [4.78, 5) is 16.2. The van der Waals surface area contributed by atoms with Crippen molar-refractivity contribution in [2.24, 2.45) is 0 Å². The minimum Gasteiger partial charge on any atom is -0.489 e. The molecule has 0 bridgehead atoms. The molecule has 2 atom stereocenters. The Morgan fingerprint density at radius 1 is 1.29 bits per heavy atom. The summed E-state index contributed by atoms with van der Waals surface area (Å²) < 4.78 is 58.2. The number of carbonyl (C=O) groups is 1. The molecule has 2 heterocycles. The van der Waals surface area contributed by atoms with Crippen LogP contribution in [0, 0.1) is 12.7 Å². The zero-order valence-electron chi connectivity index (χ0n) is 16.9. The van der Waals surface area contributed by atoms with E-state index in [2.05, 4.69) is 15.6 Å². The van der Waals surface area contributed by atoms with Crippen LogP contribution in [0.3, 0.4) is 0 Å². The van der Waals surface area contributed by atoms with Crippen molar-refractivity contribution in [2.45, 2.75) is 25.5 Å². The molecule has 1 aliphatic rings. The molecule has 0 unspecified atom stereocenters. The lowest BCUT2D eigenvalue weighted by Crippen LogP contribution is -2.38. The van der Waals surface area contributed by atoms with Crippen molar-refractivity contribution in [2.75, 3.05) is 30.9 Å². The predicted octanol–water partition coefficient (Wildman–Crippen LogP) is 2.44. The number of pyridine rings is 1. The van der Waals surface area contributed by atoms with Gasteiger partial charge < -0.3 is 20.1 Å². The van der Waals surface area contributed by atoms with E-state index in [4.69, 9.17) is 9.47 Å². The van der Waals surface area contributed by atoms with Crippen LogP contribution in [0.1, 0.15) is 12.1 Å². The highest BCUT2D eigenvalue weighted by molar-refractivity contribution is 7.83. The number of aromatic nitrogens is 1. The van der Waals surface area contributed by atoms with Crippen molar-refractivity contribution in [1.29, 1.82) is 0 Å². The predicted molar refractivity (Wildman–Crippen MR) is 111 cm³/mol. The molecule has 12 heteroatoms. The van der Waals surface area contributed by atoms with Gasteiger partial charge in [-0.3, -0.25) is 9.54 Å². The van der Waals surface area contributed by atoms with Crippen molar-refractivity contribution in [3.05, 3.63) is 48.0 Å². The number of halogens is 1. The number of carbonyl (C=O) groups excluding carboxylic acids is 1. The van der Waals surface area contributed by atoms with Crippen molar-refractivity contribution < 1.29 is 31.6 Å². The molecule has 3 rings (SSSR count). The summed E-state index contributed by atoms with van der Waals surface area (Å²) in [5.74, 6) is -0.548. The normalized spacial score (nSPS) is 19.2. The third kappa shape index (κ3) is 6.34. The van der Waals surface area contributed by atoms with Crippen molar-refractivity contribution >= 4 is 27.7 Å². The lowest BCUT2D eigenvalue weighted by molar-refractivity contribution is 0.143. The molecular weight excluding hydrogens is 431 g/mol. The quantitative estimate of drug-likeness (QED) is 0.548. The van der Waals surface area contributed by atoms with Gasteiger partial charge in [0, 0.05) is 37.0 Å². The van der Waals surface area contributed by atoms with Gasteiger partial charge in [0.2, 0.25) is 0 Å². The SMILES string of the molecule is COC[C@H]1C[C@@H](Oc2cc(F)cc(NC(=O)Nc3ccc(C)nc3)c2)CN1S(=O)(=O)O. The van der Waals surface area contributed by atoms with E-state index >= 15 is 0 Å². The first kappa shape index (κ1) is 22.9. The number of methoxy groups -OCH3 is 1. The third-order valence-electron chi connectivity index (χ3n) is 4.58. The monoisotopic (exact) mass is 454 g/mol. The second kappa shape index (κ2) is 9.56. The van der Waals surface area contributed by atoms with Crippen LogP contribution in [0.15, 0.2) is 36.5 Å². The van der Waals surface area contributed by atoms with E-state index in [1.165, 1.54) is 19.4 Å². The molecule has 2 aromatic rings. The summed E-state index contributed by atoms with van der Waals surface area (Å²) in [6.07, 6.45) is 1.10. The van der Waals surface area contributed by atoms with E-state index in [0.717, 1.165) is 22.1 Å². The Kier molecular flexibility index (Phi) is 7.05. The van der Waals surface area contributed by atoms with E-state index in [0.29, 0.717) is 5.69 Å². The minimum absolute atomic E-state index is 0.0731. The van der Waals surface area contributed by atoms with E-state index in [-0.39, 0.29) is 31.0 Å². The van der Waals surface area contributed by atoms with Crippen molar-refractivity contribution in [3.63, 3.8) is 0 Å². The van der Waals surface area contributed by atoms with Crippen molar-refractivity contribution in [3.8, 4) is 5.75 Å². The molecule has 1 saturated heterocycles. The molecule has 0 radical (unpaired) electrons. The molecule has 1 aliphatic heterocycles. The number of hydrogen-bond acceptors (Lipinski definition) is 6. The van der Waals surface area contributed by atoms with Gasteiger partial charge in [0.05, 0.1) is 31.1 Å². The summed E-state index contributed by atoms with van der Waals surface area (Å²) in [6.45, 7) is 1.77. The maximum absolute atomic E-state index is 14.1. The van der Waals surface area contributed by atoms with E-state index < -0.39 is 34.3 Å². The number of anilines is 2. The number of rotatable bonds is 7. The van der Waals surface area contributed by atoms with E-state index in [9.17, 15) is 22.2 Å². The number of amides is 2. The van der Waals surface area contributed by atoms with Gasteiger partial charge in [-0.1, -0.05) is 0 Å². The lowest BCUT2D eigenvalue weighted by atomic mass is 10.2. The first-order chi connectivity index (χ1) is 14.6. The third-order valence-corrected chi connectivity index (χ3v) is 5.62. The van der Waals surface area contributed by atoms with Gasteiger partial charge in [-0.25, -0.2) is 9.18 Å². The molecule has 1 aromatic heterocycles. The number of benzene rings is 1. The number of ether oxygens (including phenoxy) is 2. The van der Waals surface area contributed by atoms with Gasteiger partial charge in [0.25, 0.3) is 0 Å². The first-order valence-corrected chi connectivity index (χ1v) is 10.7. The summed E-state index contributed by atoms with van der Waals surface area (Å²) in [5.41, 5.74) is 1.41. The molecule has 168 valence electrons.